The maximum absolute atomic E-state index is 12.3. The lowest BCUT2D eigenvalue weighted by Crippen LogP contribution is -2.30. The van der Waals surface area contributed by atoms with Gasteiger partial charge in [-0.2, -0.15) is 0 Å². The van der Waals surface area contributed by atoms with Gasteiger partial charge in [0.25, 0.3) is 5.91 Å². The van der Waals surface area contributed by atoms with Crippen molar-refractivity contribution in [1.82, 2.24) is 25.2 Å². The number of aliphatic hydroxyl groups is 1. The predicted octanol–water partition coefficient (Wildman–Crippen LogP) is 2.80. The van der Waals surface area contributed by atoms with Crippen LogP contribution in [0.4, 0.5) is 0 Å². The molecule has 0 fully saturated rings. The van der Waals surface area contributed by atoms with Crippen molar-refractivity contribution >= 4 is 16.9 Å². The van der Waals surface area contributed by atoms with E-state index in [1.165, 1.54) is 5.56 Å². The number of aromatic nitrogens is 3. The molecule has 3 N–H and O–H groups in total. The second-order valence-electron chi connectivity index (χ2n) is 7.71. The predicted molar refractivity (Wildman–Crippen MR) is 114 cm³/mol. The van der Waals surface area contributed by atoms with Crippen molar-refractivity contribution in [3.8, 4) is 11.5 Å². The van der Waals surface area contributed by atoms with Crippen LogP contribution in [0.1, 0.15) is 47.4 Å². The summed E-state index contributed by atoms with van der Waals surface area (Å²) < 4.78 is 6.15. The Bertz CT molecular complexity index is 1050. The SMILES string of the molecule is CC[C@H]1CN(C)Cc2cc(Oc3ccnc4[nH]c(C(=O)NCCCO)cc34)cnc21. The molecule has 0 bridgehead atoms. The fourth-order valence-corrected chi connectivity index (χ4v) is 3.91. The Morgan fingerprint density at radius 1 is 1.40 bits per heavy atom. The van der Waals surface area contributed by atoms with Crippen LogP contribution in [0.15, 0.2) is 30.6 Å². The zero-order valence-electron chi connectivity index (χ0n) is 17.3. The molecular weight excluding hydrogens is 382 g/mol. The van der Waals surface area contributed by atoms with Crippen molar-refractivity contribution in [3.05, 3.63) is 47.5 Å². The number of rotatable bonds is 7. The van der Waals surface area contributed by atoms with Crippen molar-refractivity contribution in [2.75, 3.05) is 26.7 Å². The summed E-state index contributed by atoms with van der Waals surface area (Å²) >= 11 is 0. The van der Waals surface area contributed by atoms with Crippen LogP contribution in [-0.2, 0) is 6.54 Å². The molecule has 8 heteroatoms. The molecule has 8 nitrogen and oxygen atoms in total. The molecule has 30 heavy (non-hydrogen) atoms. The zero-order valence-corrected chi connectivity index (χ0v) is 17.3. The lowest BCUT2D eigenvalue weighted by molar-refractivity contribution is 0.0947. The van der Waals surface area contributed by atoms with Gasteiger partial charge in [0, 0.05) is 44.0 Å². The third-order valence-electron chi connectivity index (χ3n) is 5.41. The first-order valence-corrected chi connectivity index (χ1v) is 10.3. The number of carbonyl (C=O) groups excluding carboxylic acids is 1. The van der Waals surface area contributed by atoms with Crippen LogP contribution < -0.4 is 10.1 Å². The summed E-state index contributed by atoms with van der Waals surface area (Å²) in [5.41, 5.74) is 3.33. The molecule has 0 unspecified atom stereocenters. The van der Waals surface area contributed by atoms with Gasteiger partial charge in [-0.05, 0) is 43.7 Å². The molecule has 3 aromatic rings. The number of aromatic amines is 1. The Morgan fingerprint density at radius 2 is 2.27 bits per heavy atom. The monoisotopic (exact) mass is 409 g/mol. The zero-order chi connectivity index (χ0) is 21.1. The van der Waals surface area contributed by atoms with Gasteiger partial charge in [0.1, 0.15) is 22.8 Å². The molecule has 158 valence electrons. The minimum Gasteiger partial charge on any atom is -0.455 e. The first kappa shape index (κ1) is 20.3. The van der Waals surface area contributed by atoms with Gasteiger partial charge in [0.05, 0.1) is 11.6 Å². The second kappa shape index (κ2) is 8.81. The van der Waals surface area contributed by atoms with Crippen LogP contribution in [0.25, 0.3) is 11.0 Å². The number of nitrogens with zero attached hydrogens (tertiary/aromatic N) is 3. The van der Waals surface area contributed by atoms with Crippen LogP contribution in [0.5, 0.6) is 11.5 Å². The van der Waals surface area contributed by atoms with E-state index in [0.717, 1.165) is 30.6 Å². The maximum atomic E-state index is 12.3. The minimum atomic E-state index is -0.239. The summed E-state index contributed by atoms with van der Waals surface area (Å²) in [4.78, 5) is 26.6. The molecule has 0 saturated heterocycles. The van der Waals surface area contributed by atoms with Gasteiger partial charge >= 0.3 is 0 Å². The number of hydrogen-bond acceptors (Lipinski definition) is 6. The first-order chi connectivity index (χ1) is 14.6. The Morgan fingerprint density at radius 3 is 3.07 bits per heavy atom. The van der Waals surface area contributed by atoms with E-state index < -0.39 is 0 Å². The van der Waals surface area contributed by atoms with Gasteiger partial charge in [0.2, 0.25) is 0 Å². The molecular formula is C22H27N5O3. The topological polar surface area (TPSA) is 103 Å². The molecule has 3 aromatic heterocycles. The number of fused-ring (bicyclic) bond motifs is 2. The van der Waals surface area contributed by atoms with E-state index in [0.29, 0.717) is 41.7 Å². The second-order valence-corrected chi connectivity index (χ2v) is 7.71. The van der Waals surface area contributed by atoms with Gasteiger partial charge in [-0.25, -0.2) is 4.98 Å². The van der Waals surface area contributed by atoms with Crippen LogP contribution in [-0.4, -0.2) is 57.6 Å². The molecule has 0 saturated carbocycles. The minimum absolute atomic E-state index is 0.0378. The van der Waals surface area contributed by atoms with E-state index in [2.05, 4.69) is 40.2 Å². The van der Waals surface area contributed by atoms with Gasteiger partial charge < -0.3 is 25.0 Å². The molecule has 0 spiro atoms. The molecule has 0 aliphatic carbocycles. The van der Waals surface area contributed by atoms with Gasteiger partial charge in [-0.15, -0.1) is 0 Å². The van der Waals surface area contributed by atoms with Gasteiger partial charge in [-0.3, -0.25) is 9.78 Å². The van der Waals surface area contributed by atoms with E-state index in [9.17, 15) is 4.79 Å². The fraction of sp³-hybridized carbons (Fsp3) is 0.409. The normalized spacial score (nSPS) is 16.4. The molecule has 0 aromatic carbocycles. The molecule has 4 rings (SSSR count). The molecule has 1 aliphatic heterocycles. The summed E-state index contributed by atoms with van der Waals surface area (Å²) in [7, 11) is 2.12. The Labute approximate surface area is 175 Å². The summed E-state index contributed by atoms with van der Waals surface area (Å²) in [6.45, 7) is 4.51. The van der Waals surface area contributed by atoms with E-state index >= 15 is 0 Å². The highest BCUT2D eigenvalue weighted by Gasteiger charge is 2.24. The van der Waals surface area contributed by atoms with E-state index in [4.69, 9.17) is 14.8 Å². The quantitative estimate of drug-likeness (QED) is 0.519. The summed E-state index contributed by atoms with van der Waals surface area (Å²) in [5.74, 6) is 1.48. The van der Waals surface area contributed by atoms with Gasteiger partial charge in [0.15, 0.2) is 0 Å². The molecule has 1 amide bonds. The van der Waals surface area contributed by atoms with E-state index in [1.807, 2.05) is 0 Å². The lowest BCUT2D eigenvalue weighted by atomic mass is 9.93. The number of likely N-dealkylation sites (N-methyl/N-ethyl adjacent to an activating group) is 1. The fourth-order valence-electron chi connectivity index (χ4n) is 3.91. The molecule has 4 heterocycles. The van der Waals surface area contributed by atoms with Crippen molar-refractivity contribution in [3.63, 3.8) is 0 Å². The smallest absolute Gasteiger partial charge is 0.267 e. The molecule has 1 atom stereocenters. The Hall–Kier alpha value is -2.97. The standard InChI is InChI=1S/C22H27N5O3/c1-3-14-12-27(2)13-15-9-16(11-25-20(14)15)30-19-5-7-23-21-17(19)10-18(26-21)22(29)24-6-4-8-28/h5,7,9-11,14,28H,3-4,6,8,12-13H2,1-2H3,(H,23,26)(H,24,29)/t14-/m0/s1. The van der Waals surface area contributed by atoms with Crippen LogP contribution in [0.2, 0.25) is 0 Å². The van der Waals surface area contributed by atoms with Crippen molar-refractivity contribution < 1.29 is 14.6 Å². The van der Waals surface area contributed by atoms with Crippen molar-refractivity contribution in [2.24, 2.45) is 0 Å². The third kappa shape index (κ3) is 4.15. The van der Waals surface area contributed by atoms with Crippen LogP contribution in [0, 0.1) is 0 Å². The molecule has 0 radical (unpaired) electrons. The van der Waals surface area contributed by atoms with E-state index in [-0.39, 0.29) is 12.5 Å². The highest BCUT2D eigenvalue weighted by atomic mass is 16.5. The average molecular weight is 409 g/mol. The summed E-state index contributed by atoms with van der Waals surface area (Å²) in [6.07, 6.45) is 4.99. The number of ether oxygens (including phenoxy) is 1. The summed E-state index contributed by atoms with van der Waals surface area (Å²) in [6, 6.07) is 5.57. The average Bonchev–Trinajstić information content (AvgIpc) is 3.18. The number of hydrogen-bond donors (Lipinski definition) is 3. The number of carbonyl (C=O) groups is 1. The number of aliphatic hydroxyl groups excluding tert-OH is 1. The maximum Gasteiger partial charge on any atom is 0.267 e. The van der Waals surface area contributed by atoms with Crippen LogP contribution >= 0.6 is 0 Å². The largest absolute Gasteiger partial charge is 0.455 e. The van der Waals surface area contributed by atoms with Crippen molar-refractivity contribution in [1.29, 1.82) is 0 Å². The highest BCUT2D eigenvalue weighted by molar-refractivity contribution is 5.98. The number of nitrogens with one attached hydrogen (secondary N) is 2. The Balaban J connectivity index is 1.58. The first-order valence-electron chi connectivity index (χ1n) is 10.3. The van der Waals surface area contributed by atoms with Gasteiger partial charge in [-0.1, -0.05) is 6.92 Å². The highest BCUT2D eigenvalue weighted by Crippen LogP contribution is 2.33. The number of pyridine rings is 2. The van der Waals surface area contributed by atoms with Crippen molar-refractivity contribution in [2.45, 2.75) is 32.2 Å². The van der Waals surface area contributed by atoms with E-state index in [1.54, 1.807) is 24.5 Å². The third-order valence-corrected chi connectivity index (χ3v) is 5.41. The lowest BCUT2D eigenvalue weighted by Gasteiger charge is -2.30. The molecule has 1 aliphatic rings. The summed E-state index contributed by atoms with van der Waals surface area (Å²) in [5, 5.41) is 12.4. The van der Waals surface area contributed by atoms with Crippen LogP contribution in [0.3, 0.4) is 0 Å². The number of H-pyrrole nitrogens is 1. The Kier molecular flexibility index (Phi) is 5.96. The number of amides is 1.